The maximum absolute atomic E-state index is 12.7. The molecule has 0 radical (unpaired) electrons. The Morgan fingerprint density at radius 3 is 2.24 bits per heavy atom. The molecule has 10 heteroatoms. The topological polar surface area (TPSA) is 51.7 Å². The number of hydrogen-bond acceptors (Lipinski definition) is 5. The van der Waals surface area contributed by atoms with Crippen molar-refractivity contribution in [1.82, 2.24) is 14.8 Å². The summed E-state index contributed by atoms with van der Waals surface area (Å²) < 4.78 is 38.1. The first-order valence-electron chi connectivity index (χ1n) is 13.0. The SMILES string of the molecule is C.O=C(CCCN1CC2CN(c3ccc(Cl)cc3)CC2C1)N1CCC(Nc2ccc(C(F)(F)F)cn2)CC1. The number of hydrogen-bond donors (Lipinski definition) is 1. The minimum absolute atomic E-state index is 0. The van der Waals surface area contributed by atoms with Gasteiger partial charge in [0, 0.05) is 68.6 Å². The molecule has 0 saturated carbocycles. The first-order chi connectivity index (χ1) is 17.7. The van der Waals surface area contributed by atoms with Crippen LogP contribution in [0.2, 0.25) is 5.02 Å². The van der Waals surface area contributed by atoms with E-state index in [0.29, 0.717) is 37.2 Å². The highest BCUT2D eigenvalue weighted by Crippen LogP contribution is 2.34. The van der Waals surface area contributed by atoms with E-state index in [1.54, 1.807) is 0 Å². The number of likely N-dealkylation sites (tertiary alicyclic amines) is 2. The molecule has 3 aliphatic rings. The Labute approximate surface area is 228 Å². The summed E-state index contributed by atoms with van der Waals surface area (Å²) in [6, 6.07) is 10.6. The summed E-state index contributed by atoms with van der Waals surface area (Å²) in [7, 11) is 0. The van der Waals surface area contributed by atoms with Crippen LogP contribution in [0.4, 0.5) is 24.7 Å². The van der Waals surface area contributed by atoms with Crippen LogP contribution < -0.4 is 10.2 Å². The van der Waals surface area contributed by atoms with Gasteiger partial charge in [0.05, 0.1) is 5.56 Å². The van der Waals surface area contributed by atoms with Crippen molar-refractivity contribution in [2.24, 2.45) is 11.8 Å². The summed E-state index contributed by atoms with van der Waals surface area (Å²) in [4.78, 5) is 23.5. The number of nitrogens with one attached hydrogen (secondary N) is 1. The number of benzene rings is 1. The molecule has 6 nitrogen and oxygen atoms in total. The lowest BCUT2D eigenvalue weighted by atomic mass is 10.0. The second kappa shape index (κ2) is 12.1. The van der Waals surface area contributed by atoms with Crippen molar-refractivity contribution in [3.05, 3.63) is 53.2 Å². The minimum atomic E-state index is -4.38. The largest absolute Gasteiger partial charge is 0.417 e. The van der Waals surface area contributed by atoms with Gasteiger partial charge in [-0.3, -0.25) is 4.79 Å². The van der Waals surface area contributed by atoms with Gasteiger partial charge in [0.1, 0.15) is 5.82 Å². The summed E-state index contributed by atoms with van der Waals surface area (Å²) in [5.74, 6) is 1.98. The van der Waals surface area contributed by atoms with Crippen LogP contribution in [-0.4, -0.2) is 72.5 Å². The van der Waals surface area contributed by atoms with Crippen LogP contribution in [0, 0.1) is 11.8 Å². The van der Waals surface area contributed by atoms with Gasteiger partial charge < -0.3 is 20.0 Å². The van der Waals surface area contributed by atoms with Gasteiger partial charge in [-0.1, -0.05) is 19.0 Å². The third-order valence-electron chi connectivity index (χ3n) is 7.91. The van der Waals surface area contributed by atoms with Crippen molar-refractivity contribution in [2.45, 2.75) is 45.3 Å². The van der Waals surface area contributed by atoms with Crippen LogP contribution >= 0.6 is 11.6 Å². The van der Waals surface area contributed by atoms with Crippen LogP contribution in [0.15, 0.2) is 42.6 Å². The predicted molar refractivity (Wildman–Crippen MR) is 146 cm³/mol. The average molecular weight is 552 g/mol. The highest BCUT2D eigenvalue weighted by molar-refractivity contribution is 6.30. The molecule has 1 amide bonds. The van der Waals surface area contributed by atoms with E-state index < -0.39 is 11.7 Å². The Bertz CT molecular complexity index is 1040. The summed E-state index contributed by atoms with van der Waals surface area (Å²) in [6.45, 7) is 6.61. The summed E-state index contributed by atoms with van der Waals surface area (Å²) in [5, 5.41) is 3.97. The number of anilines is 2. The van der Waals surface area contributed by atoms with Crippen LogP contribution in [0.3, 0.4) is 0 Å². The number of nitrogens with zero attached hydrogens (tertiary/aromatic N) is 4. The molecule has 4 heterocycles. The molecule has 1 aromatic heterocycles. The van der Waals surface area contributed by atoms with Crippen molar-refractivity contribution in [3.63, 3.8) is 0 Å². The quantitative estimate of drug-likeness (QED) is 0.482. The molecular formula is C28H37ClF3N5O. The molecule has 5 rings (SSSR count). The van der Waals surface area contributed by atoms with Crippen LogP contribution in [0.5, 0.6) is 0 Å². The number of amides is 1. The van der Waals surface area contributed by atoms with E-state index in [9.17, 15) is 18.0 Å². The number of halogens is 4. The van der Waals surface area contributed by atoms with Gasteiger partial charge in [0.15, 0.2) is 0 Å². The zero-order valence-corrected chi connectivity index (χ0v) is 21.5. The van der Waals surface area contributed by atoms with Gasteiger partial charge in [0.2, 0.25) is 5.91 Å². The number of carbonyl (C=O) groups is 1. The van der Waals surface area contributed by atoms with E-state index >= 15 is 0 Å². The highest BCUT2D eigenvalue weighted by atomic mass is 35.5. The summed E-state index contributed by atoms with van der Waals surface area (Å²) in [5.41, 5.74) is 0.487. The molecule has 2 atom stereocenters. The molecule has 208 valence electrons. The van der Waals surface area contributed by atoms with Gasteiger partial charge in [-0.2, -0.15) is 13.2 Å². The van der Waals surface area contributed by atoms with E-state index in [-0.39, 0.29) is 19.4 Å². The third-order valence-corrected chi connectivity index (χ3v) is 8.16. The Kier molecular flexibility index (Phi) is 9.08. The number of carbonyl (C=O) groups excluding carboxylic acids is 1. The van der Waals surface area contributed by atoms with Crippen LogP contribution in [0.1, 0.15) is 38.7 Å². The molecule has 2 aromatic rings. The minimum Gasteiger partial charge on any atom is -0.371 e. The summed E-state index contributed by atoms with van der Waals surface area (Å²) >= 11 is 6.02. The van der Waals surface area contributed by atoms with Crippen LogP contribution in [-0.2, 0) is 11.0 Å². The zero-order valence-electron chi connectivity index (χ0n) is 20.8. The average Bonchev–Trinajstić information content (AvgIpc) is 3.44. The lowest BCUT2D eigenvalue weighted by Crippen LogP contribution is -2.42. The molecular weight excluding hydrogens is 515 g/mol. The molecule has 2 unspecified atom stereocenters. The lowest BCUT2D eigenvalue weighted by molar-refractivity contribution is -0.137. The number of fused-ring (bicyclic) bond motifs is 1. The van der Waals surface area contributed by atoms with Gasteiger partial charge in [-0.25, -0.2) is 4.98 Å². The molecule has 1 N–H and O–H groups in total. The molecule has 0 aliphatic carbocycles. The number of aromatic nitrogens is 1. The summed E-state index contributed by atoms with van der Waals surface area (Å²) in [6.07, 6.45) is -0.593. The standard InChI is InChI=1S/C27H33ClF3N5O.CH4/c28-22-4-6-24(7-5-22)36-17-19-15-34(16-20(19)18-36)11-1-2-26(37)35-12-9-23(10-13-35)33-25-8-3-21(14-32-25)27(29,30)31;/h3-8,14,19-20,23H,1-2,9-13,15-18H2,(H,32,33);1H4. The Morgan fingerprint density at radius 2 is 1.66 bits per heavy atom. The Morgan fingerprint density at radius 1 is 1.00 bits per heavy atom. The van der Waals surface area contributed by atoms with Gasteiger partial charge in [-0.15, -0.1) is 0 Å². The van der Waals surface area contributed by atoms with Crippen molar-refractivity contribution >= 4 is 29.0 Å². The molecule has 1 aromatic carbocycles. The van der Waals surface area contributed by atoms with E-state index in [4.69, 9.17) is 11.6 Å². The van der Waals surface area contributed by atoms with Gasteiger partial charge in [0.25, 0.3) is 0 Å². The van der Waals surface area contributed by atoms with E-state index in [1.807, 2.05) is 17.0 Å². The van der Waals surface area contributed by atoms with Gasteiger partial charge in [-0.05, 0) is 74.0 Å². The number of pyridine rings is 1. The van der Waals surface area contributed by atoms with Crippen molar-refractivity contribution < 1.29 is 18.0 Å². The maximum Gasteiger partial charge on any atom is 0.417 e. The van der Waals surface area contributed by atoms with Crippen molar-refractivity contribution in [2.75, 3.05) is 56.0 Å². The van der Waals surface area contributed by atoms with E-state index in [2.05, 4.69) is 32.2 Å². The normalized spacial score (nSPS) is 22.3. The van der Waals surface area contributed by atoms with E-state index in [0.717, 1.165) is 69.3 Å². The lowest BCUT2D eigenvalue weighted by Gasteiger charge is -2.33. The molecule has 3 saturated heterocycles. The molecule has 38 heavy (non-hydrogen) atoms. The molecule has 3 fully saturated rings. The van der Waals surface area contributed by atoms with Gasteiger partial charge >= 0.3 is 6.18 Å². The van der Waals surface area contributed by atoms with Crippen molar-refractivity contribution in [1.29, 1.82) is 0 Å². The maximum atomic E-state index is 12.7. The monoisotopic (exact) mass is 551 g/mol. The number of alkyl halides is 3. The molecule has 0 bridgehead atoms. The first kappa shape index (κ1) is 28.5. The van der Waals surface area contributed by atoms with Crippen molar-refractivity contribution in [3.8, 4) is 0 Å². The van der Waals surface area contributed by atoms with Crippen LogP contribution in [0.25, 0.3) is 0 Å². The first-order valence-corrected chi connectivity index (χ1v) is 13.4. The Balaban J connectivity index is 0.00000336. The second-order valence-corrected chi connectivity index (χ2v) is 10.9. The predicted octanol–water partition coefficient (Wildman–Crippen LogP) is 5.64. The Hall–Kier alpha value is -2.52. The fourth-order valence-electron chi connectivity index (χ4n) is 5.88. The zero-order chi connectivity index (χ0) is 26.0. The second-order valence-electron chi connectivity index (χ2n) is 10.5. The smallest absolute Gasteiger partial charge is 0.371 e. The fraction of sp³-hybridized carbons (Fsp3) is 0.571. The third kappa shape index (κ3) is 6.91. The molecule has 0 spiro atoms. The number of piperidine rings is 1. The number of rotatable bonds is 7. The fourth-order valence-corrected chi connectivity index (χ4v) is 6.00. The van der Waals surface area contributed by atoms with E-state index in [1.165, 1.54) is 11.8 Å². The highest BCUT2D eigenvalue weighted by Gasteiger charge is 2.39. The molecule has 3 aliphatic heterocycles.